The van der Waals surface area contributed by atoms with Gasteiger partial charge in [0.2, 0.25) is 0 Å². The van der Waals surface area contributed by atoms with E-state index in [-0.39, 0.29) is 6.42 Å². The first-order chi connectivity index (χ1) is 7.56. The van der Waals surface area contributed by atoms with E-state index in [2.05, 4.69) is 9.72 Å². The number of rotatable bonds is 4. The number of pyridine rings is 1. The summed E-state index contributed by atoms with van der Waals surface area (Å²) in [4.78, 5) is 17.0. The molecule has 1 rings (SSSR count). The molecule has 1 aromatic heterocycles. The second-order valence-corrected chi connectivity index (χ2v) is 3.61. The Kier molecular flexibility index (Phi) is 4.25. The molecule has 0 saturated carbocycles. The Morgan fingerprint density at radius 1 is 1.62 bits per heavy atom. The zero-order valence-corrected chi connectivity index (χ0v) is 9.67. The molecule has 0 aromatic carbocycles. The number of hydrogen-bond acceptors (Lipinski definition) is 5. The molecule has 0 radical (unpaired) electrons. The summed E-state index contributed by atoms with van der Waals surface area (Å²) in [7, 11) is 4.96. The van der Waals surface area contributed by atoms with Gasteiger partial charge in [0.05, 0.1) is 19.6 Å². The van der Waals surface area contributed by atoms with Crippen LogP contribution in [0.3, 0.4) is 0 Å². The van der Waals surface area contributed by atoms with Gasteiger partial charge in [-0.25, -0.2) is 4.98 Å². The number of anilines is 1. The largest absolute Gasteiger partial charge is 0.469 e. The average Bonchev–Trinajstić information content (AvgIpc) is 2.28. The van der Waals surface area contributed by atoms with Crippen molar-refractivity contribution in [1.29, 1.82) is 0 Å². The number of hydrogen-bond donors (Lipinski definition) is 1. The van der Waals surface area contributed by atoms with E-state index in [9.17, 15) is 9.90 Å². The van der Waals surface area contributed by atoms with Crippen LogP contribution >= 0.6 is 0 Å². The summed E-state index contributed by atoms with van der Waals surface area (Å²) in [5.41, 5.74) is 0.623. The van der Waals surface area contributed by atoms with Gasteiger partial charge in [-0.3, -0.25) is 4.79 Å². The van der Waals surface area contributed by atoms with E-state index >= 15 is 0 Å². The molecule has 0 spiro atoms. The maximum absolute atomic E-state index is 11.1. The maximum atomic E-state index is 11.1. The van der Waals surface area contributed by atoms with Crippen molar-refractivity contribution in [3.05, 3.63) is 23.9 Å². The smallest absolute Gasteiger partial charge is 0.308 e. The van der Waals surface area contributed by atoms with Crippen LogP contribution < -0.4 is 4.90 Å². The van der Waals surface area contributed by atoms with E-state index in [1.165, 1.54) is 7.11 Å². The highest BCUT2D eigenvalue weighted by atomic mass is 16.5. The van der Waals surface area contributed by atoms with Crippen LogP contribution in [0.25, 0.3) is 0 Å². The minimum absolute atomic E-state index is 0.0664. The van der Waals surface area contributed by atoms with E-state index in [1.807, 2.05) is 14.1 Å². The average molecular weight is 224 g/mol. The van der Waals surface area contributed by atoms with Gasteiger partial charge in [-0.1, -0.05) is 6.07 Å². The lowest BCUT2D eigenvalue weighted by molar-refractivity contribution is -0.142. The lowest BCUT2D eigenvalue weighted by atomic mass is 10.1. The Balaban J connectivity index is 2.90. The molecule has 0 fully saturated rings. The molecule has 16 heavy (non-hydrogen) atoms. The highest BCUT2D eigenvalue weighted by Gasteiger charge is 2.18. The van der Waals surface area contributed by atoms with Crippen LogP contribution in [0.1, 0.15) is 18.1 Å². The Hall–Kier alpha value is -1.62. The number of carbonyl (C=O) groups excluding carboxylic acids is 1. The minimum Gasteiger partial charge on any atom is -0.469 e. The molecule has 1 N–H and O–H groups in total. The third kappa shape index (κ3) is 2.93. The van der Waals surface area contributed by atoms with Crippen molar-refractivity contribution in [2.24, 2.45) is 0 Å². The second kappa shape index (κ2) is 5.46. The van der Waals surface area contributed by atoms with Crippen molar-refractivity contribution < 1.29 is 14.6 Å². The summed E-state index contributed by atoms with van der Waals surface area (Å²) in [6, 6.07) is 3.47. The first kappa shape index (κ1) is 12.4. The van der Waals surface area contributed by atoms with E-state index in [4.69, 9.17) is 0 Å². The van der Waals surface area contributed by atoms with E-state index in [0.29, 0.717) is 11.4 Å². The fourth-order valence-corrected chi connectivity index (χ4v) is 1.39. The quantitative estimate of drug-likeness (QED) is 0.764. The highest BCUT2D eigenvalue weighted by molar-refractivity contribution is 5.70. The number of aliphatic hydroxyl groups is 1. The topological polar surface area (TPSA) is 62.7 Å². The van der Waals surface area contributed by atoms with Gasteiger partial charge >= 0.3 is 5.97 Å². The Morgan fingerprint density at radius 3 is 2.88 bits per heavy atom. The van der Waals surface area contributed by atoms with Gasteiger partial charge in [-0.05, 0) is 6.07 Å². The molecule has 88 valence electrons. The molecular weight excluding hydrogens is 208 g/mol. The summed E-state index contributed by atoms with van der Waals surface area (Å²) in [5.74, 6) is 0.208. The van der Waals surface area contributed by atoms with Crippen LogP contribution in [0.15, 0.2) is 18.3 Å². The van der Waals surface area contributed by atoms with Crippen LogP contribution in [0, 0.1) is 0 Å². The lowest BCUT2D eigenvalue weighted by Gasteiger charge is -2.18. The monoisotopic (exact) mass is 224 g/mol. The number of methoxy groups -OCH3 is 1. The predicted octanol–water partition coefficient (Wildman–Crippen LogP) is 0.744. The summed E-state index contributed by atoms with van der Waals surface area (Å²) < 4.78 is 4.51. The molecule has 0 aliphatic heterocycles. The molecule has 0 bridgehead atoms. The Labute approximate surface area is 94.7 Å². The van der Waals surface area contributed by atoms with Gasteiger partial charge in [0.15, 0.2) is 0 Å². The molecule has 0 unspecified atom stereocenters. The zero-order valence-electron chi connectivity index (χ0n) is 9.67. The summed E-state index contributed by atoms with van der Waals surface area (Å²) >= 11 is 0. The molecule has 0 aliphatic rings. The maximum Gasteiger partial charge on any atom is 0.308 e. The Bertz CT molecular complexity index is 366. The first-order valence-corrected chi connectivity index (χ1v) is 4.93. The normalized spacial score (nSPS) is 12.0. The number of aromatic nitrogens is 1. The van der Waals surface area contributed by atoms with Crippen LogP contribution in [-0.4, -0.2) is 37.3 Å². The van der Waals surface area contributed by atoms with Crippen molar-refractivity contribution in [3.63, 3.8) is 0 Å². The van der Waals surface area contributed by atoms with Gasteiger partial charge < -0.3 is 14.7 Å². The zero-order chi connectivity index (χ0) is 12.1. The van der Waals surface area contributed by atoms with Crippen molar-refractivity contribution in [3.8, 4) is 0 Å². The number of carbonyl (C=O) groups is 1. The van der Waals surface area contributed by atoms with Crippen molar-refractivity contribution in [1.82, 2.24) is 4.98 Å². The third-order valence-electron chi connectivity index (χ3n) is 2.19. The van der Waals surface area contributed by atoms with Gasteiger partial charge in [0, 0.05) is 25.9 Å². The Morgan fingerprint density at radius 2 is 2.31 bits per heavy atom. The molecule has 0 saturated heterocycles. The minimum atomic E-state index is -0.890. The van der Waals surface area contributed by atoms with Crippen LogP contribution in [-0.2, 0) is 9.53 Å². The van der Waals surface area contributed by atoms with Crippen LogP contribution in [0.4, 0.5) is 5.82 Å². The van der Waals surface area contributed by atoms with Crippen molar-refractivity contribution in [2.45, 2.75) is 12.5 Å². The van der Waals surface area contributed by atoms with E-state index < -0.39 is 12.1 Å². The molecule has 5 heteroatoms. The van der Waals surface area contributed by atoms with Crippen LogP contribution in [0.5, 0.6) is 0 Å². The number of esters is 1. The highest BCUT2D eigenvalue weighted by Crippen LogP contribution is 2.24. The van der Waals surface area contributed by atoms with Gasteiger partial charge in [-0.2, -0.15) is 0 Å². The summed E-state index contributed by atoms with van der Waals surface area (Å²) in [6.45, 7) is 0. The predicted molar refractivity (Wildman–Crippen MR) is 60.2 cm³/mol. The number of aliphatic hydroxyl groups excluding tert-OH is 1. The molecule has 1 heterocycles. The third-order valence-corrected chi connectivity index (χ3v) is 2.19. The van der Waals surface area contributed by atoms with Crippen molar-refractivity contribution in [2.75, 3.05) is 26.1 Å². The SMILES string of the molecule is COC(=O)C[C@H](O)c1cccnc1N(C)C. The van der Waals surface area contributed by atoms with Crippen molar-refractivity contribution >= 4 is 11.8 Å². The lowest BCUT2D eigenvalue weighted by Crippen LogP contribution is -2.16. The molecule has 1 aromatic rings. The molecule has 1 atom stereocenters. The summed E-state index contributed by atoms with van der Waals surface area (Å²) in [6.07, 6.45) is 0.686. The van der Waals surface area contributed by atoms with Gasteiger partial charge in [0.1, 0.15) is 5.82 Å². The van der Waals surface area contributed by atoms with Gasteiger partial charge in [-0.15, -0.1) is 0 Å². The first-order valence-electron chi connectivity index (χ1n) is 4.93. The fourth-order valence-electron chi connectivity index (χ4n) is 1.39. The van der Waals surface area contributed by atoms with Crippen LogP contribution in [0.2, 0.25) is 0 Å². The fraction of sp³-hybridized carbons (Fsp3) is 0.455. The standard InChI is InChI=1S/C11H16N2O3/c1-13(2)11-8(5-4-6-12-11)9(14)7-10(15)16-3/h4-6,9,14H,7H2,1-3H3/t9-/m0/s1. The summed E-state index contributed by atoms with van der Waals surface area (Å²) in [5, 5.41) is 9.88. The van der Waals surface area contributed by atoms with E-state index in [1.54, 1.807) is 23.2 Å². The molecule has 0 amide bonds. The molecule has 0 aliphatic carbocycles. The molecular formula is C11H16N2O3. The van der Waals surface area contributed by atoms with Gasteiger partial charge in [0.25, 0.3) is 0 Å². The molecule has 5 nitrogen and oxygen atoms in total. The number of ether oxygens (including phenoxy) is 1. The number of nitrogens with zero attached hydrogens (tertiary/aromatic N) is 2. The second-order valence-electron chi connectivity index (χ2n) is 3.61. The van der Waals surface area contributed by atoms with E-state index in [0.717, 1.165) is 0 Å².